The Morgan fingerprint density at radius 3 is 2.70 bits per heavy atom. The van der Waals surface area contributed by atoms with Crippen molar-refractivity contribution in [1.29, 1.82) is 0 Å². The molecule has 0 radical (unpaired) electrons. The third kappa shape index (κ3) is 9.30. The summed E-state index contributed by atoms with van der Waals surface area (Å²) < 4.78 is 31.8. The SMILES string of the molecule is CCNC(=NCCNS(=O)(=O)c1cccc([N+](=O)[O-])c1)NC(C)COC.I. The molecule has 3 N–H and O–H groups in total. The fraction of sp³-hybridized carbons (Fsp3) is 0.533. The van der Waals surface area contributed by atoms with Crippen LogP contribution in [-0.2, 0) is 14.8 Å². The summed E-state index contributed by atoms with van der Waals surface area (Å²) in [5.41, 5.74) is -0.281. The molecule has 0 aliphatic rings. The van der Waals surface area contributed by atoms with E-state index in [1.165, 1.54) is 18.2 Å². The van der Waals surface area contributed by atoms with Crippen molar-refractivity contribution in [1.82, 2.24) is 15.4 Å². The van der Waals surface area contributed by atoms with Gasteiger partial charge in [-0.05, 0) is 19.9 Å². The number of rotatable bonds is 10. The molecular weight excluding hydrogens is 489 g/mol. The molecule has 0 spiro atoms. The van der Waals surface area contributed by atoms with Crippen LogP contribution in [-0.4, -0.2) is 58.7 Å². The zero-order valence-electron chi connectivity index (χ0n) is 15.5. The normalized spacial score (nSPS) is 12.8. The minimum Gasteiger partial charge on any atom is -0.383 e. The van der Waals surface area contributed by atoms with Gasteiger partial charge in [-0.3, -0.25) is 15.1 Å². The number of nitrogens with one attached hydrogen (secondary N) is 3. The fourth-order valence-corrected chi connectivity index (χ4v) is 3.10. The Morgan fingerprint density at radius 1 is 1.41 bits per heavy atom. The lowest BCUT2D eigenvalue weighted by Gasteiger charge is -2.17. The summed E-state index contributed by atoms with van der Waals surface area (Å²) in [6, 6.07) is 4.92. The number of hydrogen-bond donors (Lipinski definition) is 3. The summed E-state index contributed by atoms with van der Waals surface area (Å²) in [6.07, 6.45) is 0. The van der Waals surface area contributed by atoms with Gasteiger partial charge in [0.15, 0.2) is 5.96 Å². The summed E-state index contributed by atoms with van der Waals surface area (Å²) in [4.78, 5) is 14.2. The van der Waals surface area contributed by atoms with E-state index >= 15 is 0 Å². The first kappa shape index (κ1) is 25.5. The van der Waals surface area contributed by atoms with Crippen LogP contribution < -0.4 is 15.4 Å². The van der Waals surface area contributed by atoms with E-state index in [1.54, 1.807) is 7.11 Å². The van der Waals surface area contributed by atoms with Crippen LogP contribution in [0.3, 0.4) is 0 Å². The molecule has 0 amide bonds. The number of aliphatic imine (C=N–C) groups is 1. The van der Waals surface area contributed by atoms with Gasteiger partial charge >= 0.3 is 0 Å². The second-order valence-electron chi connectivity index (χ2n) is 5.41. The Kier molecular flexibility index (Phi) is 12.1. The minimum atomic E-state index is -3.84. The average Bonchev–Trinajstić information content (AvgIpc) is 2.59. The van der Waals surface area contributed by atoms with Gasteiger partial charge in [-0.25, -0.2) is 13.1 Å². The van der Waals surface area contributed by atoms with Crippen LogP contribution in [0.25, 0.3) is 0 Å². The molecule has 0 bridgehead atoms. The number of methoxy groups -OCH3 is 1. The highest BCUT2D eigenvalue weighted by Crippen LogP contribution is 2.16. The Balaban J connectivity index is 0.00000676. The first-order valence-electron chi connectivity index (χ1n) is 8.08. The molecule has 0 saturated heterocycles. The van der Waals surface area contributed by atoms with Gasteiger partial charge in [0.2, 0.25) is 10.0 Å². The molecule has 0 fully saturated rings. The van der Waals surface area contributed by atoms with Crippen LogP contribution in [0, 0.1) is 10.1 Å². The zero-order valence-corrected chi connectivity index (χ0v) is 18.6. The maximum Gasteiger partial charge on any atom is 0.270 e. The molecule has 0 saturated carbocycles. The van der Waals surface area contributed by atoms with Gasteiger partial charge < -0.3 is 15.4 Å². The zero-order chi connectivity index (χ0) is 19.6. The third-order valence-electron chi connectivity index (χ3n) is 3.16. The number of benzene rings is 1. The molecule has 1 rings (SSSR count). The molecule has 0 aliphatic heterocycles. The van der Waals surface area contributed by atoms with Crippen LogP contribution in [0.4, 0.5) is 5.69 Å². The molecule has 27 heavy (non-hydrogen) atoms. The molecule has 1 atom stereocenters. The highest BCUT2D eigenvalue weighted by Gasteiger charge is 2.17. The number of nitro benzene ring substituents is 1. The fourth-order valence-electron chi connectivity index (χ4n) is 2.04. The van der Waals surface area contributed by atoms with Crippen molar-refractivity contribution in [3.63, 3.8) is 0 Å². The molecule has 0 heterocycles. The van der Waals surface area contributed by atoms with Gasteiger partial charge in [0.25, 0.3) is 5.69 Å². The number of guanidine groups is 1. The lowest BCUT2D eigenvalue weighted by Crippen LogP contribution is -2.44. The summed E-state index contributed by atoms with van der Waals surface area (Å²) >= 11 is 0. The Hall–Kier alpha value is -1.51. The Morgan fingerprint density at radius 2 is 2.11 bits per heavy atom. The molecule has 1 aromatic carbocycles. The molecule has 10 nitrogen and oxygen atoms in total. The molecule has 154 valence electrons. The smallest absolute Gasteiger partial charge is 0.270 e. The number of nitrogens with zero attached hydrogens (tertiary/aromatic N) is 2. The summed E-state index contributed by atoms with van der Waals surface area (Å²) in [7, 11) is -2.24. The number of hydrogen-bond acceptors (Lipinski definition) is 6. The topological polar surface area (TPSA) is 135 Å². The predicted molar refractivity (Wildman–Crippen MR) is 114 cm³/mol. The highest BCUT2D eigenvalue weighted by molar-refractivity contribution is 14.0. The maximum absolute atomic E-state index is 12.2. The standard InChI is InChI=1S/C15H25N5O5S.HI/c1-4-16-15(19-12(2)11-25-3)17-8-9-18-26(23,24)14-7-5-6-13(10-14)20(21)22;/h5-7,10,12,18H,4,8-9,11H2,1-3H3,(H2,16,17,19);1H. The monoisotopic (exact) mass is 515 g/mol. The first-order valence-corrected chi connectivity index (χ1v) is 9.56. The summed E-state index contributed by atoms with van der Waals surface area (Å²) in [5, 5.41) is 16.9. The lowest BCUT2D eigenvalue weighted by molar-refractivity contribution is -0.385. The van der Waals surface area contributed by atoms with Crippen LogP contribution >= 0.6 is 24.0 Å². The predicted octanol–water partition coefficient (Wildman–Crippen LogP) is 1.08. The van der Waals surface area contributed by atoms with Gasteiger partial charge in [0.05, 0.1) is 23.0 Å². The number of halogens is 1. The number of sulfonamides is 1. The van der Waals surface area contributed by atoms with Gasteiger partial charge in [0, 0.05) is 38.4 Å². The second-order valence-corrected chi connectivity index (χ2v) is 7.18. The van der Waals surface area contributed by atoms with E-state index in [4.69, 9.17) is 4.74 Å². The number of non-ortho nitro benzene ring substituents is 1. The van der Waals surface area contributed by atoms with Crippen molar-refractivity contribution in [3.05, 3.63) is 34.4 Å². The average molecular weight is 515 g/mol. The van der Waals surface area contributed by atoms with E-state index in [1.807, 2.05) is 13.8 Å². The molecule has 1 unspecified atom stereocenters. The maximum atomic E-state index is 12.2. The van der Waals surface area contributed by atoms with E-state index in [-0.39, 0.29) is 53.7 Å². The van der Waals surface area contributed by atoms with Crippen molar-refractivity contribution in [3.8, 4) is 0 Å². The largest absolute Gasteiger partial charge is 0.383 e. The minimum absolute atomic E-state index is 0. The van der Waals surface area contributed by atoms with Crippen LogP contribution in [0.5, 0.6) is 0 Å². The van der Waals surface area contributed by atoms with Crippen molar-refractivity contribution >= 4 is 45.6 Å². The molecule has 1 aromatic rings. The number of nitro groups is 1. The van der Waals surface area contributed by atoms with Crippen molar-refractivity contribution in [2.45, 2.75) is 24.8 Å². The van der Waals surface area contributed by atoms with Crippen molar-refractivity contribution < 1.29 is 18.1 Å². The highest BCUT2D eigenvalue weighted by atomic mass is 127. The molecule has 0 aromatic heterocycles. The lowest BCUT2D eigenvalue weighted by atomic mass is 10.3. The Bertz CT molecular complexity index is 729. The van der Waals surface area contributed by atoms with E-state index < -0.39 is 14.9 Å². The molecule has 12 heteroatoms. The second kappa shape index (κ2) is 12.8. The molecular formula is C15H26IN5O5S. The van der Waals surface area contributed by atoms with E-state index in [0.717, 1.165) is 6.07 Å². The number of ether oxygens (including phenoxy) is 1. The summed E-state index contributed by atoms with van der Waals surface area (Å²) in [6.45, 7) is 5.27. The Labute approximate surface area is 176 Å². The van der Waals surface area contributed by atoms with Gasteiger partial charge in [-0.15, -0.1) is 24.0 Å². The van der Waals surface area contributed by atoms with Crippen LogP contribution in [0.15, 0.2) is 34.2 Å². The van der Waals surface area contributed by atoms with Gasteiger partial charge in [-0.1, -0.05) is 6.07 Å². The third-order valence-corrected chi connectivity index (χ3v) is 4.62. The van der Waals surface area contributed by atoms with E-state index in [0.29, 0.717) is 19.1 Å². The van der Waals surface area contributed by atoms with Crippen LogP contribution in [0.1, 0.15) is 13.8 Å². The first-order chi connectivity index (χ1) is 12.3. The van der Waals surface area contributed by atoms with E-state index in [2.05, 4.69) is 20.3 Å². The van der Waals surface area contributed by atoms with Crippen molar-refractivity contribution in [2.24, 2.45) is 4.99 Å². The quantitative estimate of drug-likeness (QED) is 0.106. The summed E-state index contributed by atoms with van der Waals surface area (Å²) in [5.74, 6) is 0.548. The van der Waals surface area contributed by atoms with Gasteiger partial charge in [-0.2, -0.15) is 0 Å². The van der Waals surface area contributed by atoms with Crippen LogP contribution in [0.2, 0.25) is 0 Å². The van der Waals surface area contributed by atoms with Gasteiger partial charge in [0.1, 0.15) is 0 Å². The van der Waals surface area contributed by atoms with E-state index in [9.17, 15) is 18.5 Å². The molecule has 0 aliphatic carbocycles. The van der Waals surface area contributed by atoms with Crippen molar-refractivity contribution in [2.75, 3.05) is 33.4 Å².